The summed E-state index contributed by atoms with van der Waals surface area (Å²) >= 11 is 1.44. The summed E-state index contributed by atoms with van der Waals surface area (Å²) in [5, 5.41) is 3.86. The molecule has 0 spiro atoms. The monoisotopic (exact) mass is 238 g/mol. The van der Waals surface area contributed by atoms with Crippen molar-refractivity contribution in [3.8, 4) is 0 Å². The van der Waals surface area contributed by atoms with Gasteiger partial charge in [0.05, 0.1) is 9.88 Å². The van der Waals surface area contributed by atoms with Crippen molar-refractivity contribution in [2.45, 2.75) is 19.4 Å². The number of rotatable bonds is 3. The quantitative estimate of drug-likeness (QED) is 0.807. The largest absolute Gasteiger partial charge is 0.353 e. The summed E-state index contributed by atoms with van der Waals surface area (Å²) in [6.07, 6.45) is 1.62. The average molecular weight is 238 g/mol. The maximum Gasteiger partial charge on any atom is 0.242 e. The van der Waals surface area contributed by atoms with Crippen LogP contribution >= 0.6 is 11.3 Å². The molecule has 1 unspecified atom stereocenters. The Morgan fingerprint density at radius 1 is 1.62 bits per heavy atom. The van der Waals surface area contributed by atoms with Crippen LogP contribution < -0.4 is 10.2 Å². The third-order valence-corrected chi connectivity index (χ3v) is 3.78. The maximum absolute atomic E-state index is 11.7. The van der Waals surface area contributed by atoms with Crippen molar-refractivity contribution in [2.24, 2.45) is 0 Å². The summed E-state index contributed by atoms with van der Waals surface area (Å²) in [6.45, 7) is 3.48. The highest BCUT2D eigenvalue weighted by Gasteiger charge is 2.28. The second kappa shape index (κ2) is 4.65. The highest BCUT2D eigenvalue weighted by Crippen LogP contribution is 2.28. The Morgan fingerprint density at radius 3 is 3.06 bits per heavy atom. The molecule has 4 nitrogen and oxygen atoms in total. The highest BCUT2D eigenvalue weighted by atomic mass is 32.1. The topological polar surface area (TPSA) is 49.4 Å². The number of carbonyl (C=O) groups is 2. The number of anilines is 1. The molecule has 5 heteroatoms. The molecule has 1 fully saturated rings. The minimum absolute atomic E-state index is 0.0785. The van der Waals surface area contributed by atoms with Gasteiger partial charge in [0.1, 0.15) is 6.04 Å². The summed E-state index contributed by atoms with van der Waals surface area (Å²) in [7, 11) is 0. The molecule has 1 aromatic rings. The predicted molar refractivity (Wildman–Crippen MR) is 64.1 cm³/mol. The minimum Gasteiger partial charge on any atom is -0.353 e. The number of nitrogens with zero attached hydrogens (tertiary/aromatic N) is 1. The van der Waals surface area contributed by atoms with Gasteiger partial charge in [0, 0.05) is 13.1 Å². The van der Waals surface area contributed by atoms with Gasteiger partial charge in [-0.2, -0.15) is 0 Å². The van der Waals surface area contributed by atoms with E-state index in [1.165, 1.54) is 11.3 Å². The fourth-order valence-electron chi connectivity index (χ4n) is 1.94. The summed E-state index contributed by atoms with van der Waals surface area (Å²) < 4.78 is 0. The third kappa shape index (κ3) is 1.95. The molecule has 1 N–H and O–H groups in total. The molecular weight excluding hydrogens is 224 g/mol. The number of hydrogen-bond acceptors (Lipinski definition) is 4. The van der Waals surface area contributed by atoms with Crippen molar-refractivity contribution in [1.82, 2.24) is 5.32 Å². The molecule has 1 amide bonds. The molecule has 16 heavy (non-hydrogen) atoms. The first-order valence-electron chi connectivity index (χ1n) is 5.35. The number of piperazine rings is 1. The lowest BCUT2D eigenvalue weighted by Gasteiger charge is -2.35. The van der Waals surface area contributed by atoms with Crippen LogP contribution in [0.5, 0.6) is 0 Å². The van der Waals surface area contributed by atoms with Gasteiger partial charge in [0.2, 0.25) is 5.91 Å². The van der Waals surface area contributed by atoms with E-state index in [9.17, 15) is 9.59 Å². The molecule has 0 bridgehead atoms. The summed E-state index contributed by atoms with van der Waals surface area (Å²) in [5.74, 6) is 0.0785. The van der Waals surface area contributed by atoms with Crippen molar-refractivity contribution in [1.29, 1.82) is 0 Å². The average Bonchev–Trinajstić information content (AvgIpc) is 2.77. The molecule has 1 aliphatic heterocycles. The Labute approximate surface area is 98.3 Å². The van der Waals surface area contributed by atoms with Gasteiger partial charge in [-0.25, -0.2) is 0 Å². The zero-order valence-corrected chi connectivity index (χ0v) is 9.92. The van der Waals surface area contributed by atoms with Gasteiger partial charge in [-0.05, 0) is 18.6 Å². The normalized spacial score (nSPS) is 20.7. The van der Waals surface area contributed by atoms with Crippen LogP contribution in [0.3, 0.4) is 0 Å². The minimum atomic E-state index is -0.105. The number of nitrogens with one attached hydrogen (secondary N) is 1. The van der Waals surface area contributed by atoms with Gasteiger partial charge >= 0.3 is 0 Å². The molecule has 0 saturated carbocycles. The molecule has 86 valence electrons. The Bertz CT molecular complexity index is 402. The molecule has 2 rings (SSSR count). The second-order valence-electron chi connectivity index (χ2n) is 3.70. The molecule has 1 saturated heterocycles. The first kappa shape index (κ1) is 11.1. The third-order valence-electron chi connectivity index (χ3n) is 2.73. The zero-order valence-electron chi connectivity index (χ0n) is 9.10. The van der Waals surface area contributed by atoms with Gasteiger partial charge in [-0.3, -0.25) is 9.59 Å². The van der Waals surface area contributed by atoms with Crippen LogP contribution in [0.4, 0.5) is 5.00 Å². The predicted octanol–water partition coefficient (Wildman–Crippen LogP) is 1.28. The van der Waals surface area contributed by atoms with E-state index in [0.29, 0.717) is 11.4 Å². The van der Waals surface area contributed by atoms with Crippen LogP contribution in [0.15, 0.2) is 12.1 Å². The smallest absolute Gasteiger partial charge is 0.242 e. The van der Waals surface area contributed by atoms with Gasteiger partial charge in [0.25, 0.3) is 0 Å². The van der Waals surface area contributed by atoms with Gasteiger partial charge in [-0.1, -0.05) is 6.92 Å². The summed E-state index contributed by atoms with van der Waals surface area (Å²) in [5.41, 5.74) is 0. The number of amides is 1. The van der Waals surface area contributed by atoms with E-state index in [1.54, 1.807) is 6.07 Å². The van der Waals surface area contributed by atoms with E-state index in [-0.39, 0.29) is 11.9 Å². The van der Waals surface area contributed by atoms with Crippen LogP contribution in [0, 0.1) is 0 Å². The van der Waals surface area contributed by atoms with E-state index in [0.717, 1.165) is 24.3 Å². The number of thiophene rings is 1. The molecule has 1 atom stereocenters. The number of carbonyl (C=O) groups excluding carboxylic acids is 2. The molecule has 0 radical (unpaired) electrons. The van der Waals surface area contributed by atoms with Crippen molar-refractivity contribution < 1.29 is 9.59 Å². The fraction of sp³-hybridized carbons (Fsp3) is 0.455. The van der Waals surface area contributed by atoms with Crippen LogP contribution in [0.1, 0.15) is 23.0 Å². The van der Waals surface area contributed by atoms with Crippen LogP contribution in [0.2, 0.25) is 0 Å². The molecule has 0 aromatic carbocycles. The Morgan fingerprint density at radius 2 is 2.44 bits per heavy atom. The summed E-state index contributed by atoms with van der Waals surface area (Å²) in [6, 6.07) is 3.61. The lowest BCUT2D eigenvalue weighted by Crippen LogP contribution is -2.54. The van der Waals surface area contributed by atoms with E-state index >= 15 is 0 Å². The van der Waals surface area contributed by atoms with Crippen molar-refractivity contribution in [2.75, 3.05) is 18.0 Å². The van der Waals surface area contributed by atoms with Crippen LogP contribution in [0.25, 0.3) is 0 Å². The lowest BCUT2D eigenvalue weighted by molar-refractivity contribution is -0.123. The molecule has 0 aliphatic carbocycles. The first-order chi connectivity index (χ1) is 7.76. The van der Waals surface area contributed by atoms with E-state index < -0.39 is 0 Å². The number of aldehydes is 1. The van der Waals surface area contributed by atoms with Crippen LogP contribution in [-0.2, 0) is 4.79 Å². The van der Waals surface area contributed by atoms with Crippen molar-refractivity contribution in [3.63, 3.8) is 0 Å². The van der Waals surface area contributed by atoms with Crippen molar-refractivity contribution >= 4 is 28.5 Å². The van der Waals surface area contributed by atoms with Gasteiger partial charge in [0.15, 0.2) is 6.29 Å². The highest BCUT2D eigenvalue weighted by molar-refractivity contribution is 7.17. The Hall–Kier alpha value is -1.36. The van der Waals surface area contributed by atoms with Gasteiger partial charge in [-0.15, -0.1) is 11.3 Å². The first-order valence-corrected chi connectivity index (χ1v) is 6.17. The molecule has 1 aliphatic rings. The van der Waals surface area contributed by atoms with E-state index in [2.05, 4.69) is 10.2 Å². The van der Waals surface area contributed by atoms with Crippen LogP contribution in [-0.4, -0.2) is 31.3 Å². The lowest BCUT2D eigenvalue weighted by atomic mass is 10.1. The Balaban J connectivity index is 2.23. The number of hydrogen-bond donors (Lipinski definition) is 1. The summed E-state index contributed by atoms with van der Waals surface area (Å²) in [4.78, 5) is 25.1. The maximum atomic E-state index is 11.7. The zero-order chi connectivity index (χ0) is 11.5. The van der Waals surface area contributed by atoms with Crippen molar-refractivity contribution in [3.05, 3.63) is 17.0 Å². The van der Waals surface area contributed by atoms with E-state index in [4.69, 9.17) is 0 Å². The van der Waals surface area contributed by atoms with E-state index in [1.807, 2.05) is 13.0 Å². The molecular formula is C11H14N2O2S. The molecule has 2 heterocycles. The fourth-order valence-corrected chi connectivity index (χ4v) is 2.84. The second-order valence-corrected chi connectivity index (χ2v) is 4.80. The van der Waals surface area contributed by atoms with Gasteiger partial charge < -0.3 is 10.2 Å². The SMILES string of the molecule is CCC1C(=O)NCCN1c1ccc(C=O)s1. The Kier molecular flexibility index (Phi) is 3.24. The standard InChI is InChI=1S/C11H14N2O2S/c1-2-9-11(15)12-5-6-13(9)10-4-3-8(7-14)16-10/h3-4,7,9H,2,5-6H2,1H3,(H,12,15). The molecule has 1 aromatic heterocycles.